The molecule has 0 saturated carbocycles. The second-order valence-electron chi connectivity index (χ2n) is 7.94. The summed E-state index contributed by atoms with van der Waals surface area (Å²) in [6, 6.07) is 9.68. The van der Waals surface area contributed by atoms with E-state index in [2.05, 4.69) is 25.8 Å². The zero-order chi connectivity index (χ0) is 22.0. The summed E-state index contributed by atoms with van der Waals surface area (Å²) in [5.74, 6) is 0.211. The summed E-state index contributed by atoms with van der Waals surface area (Å²) >= 11 is 0. The first-order valence-corrected chi connectivity index (χ1v) is 10.3. The van der Waals surface area contributed by atoms with Gasteiger partial charge < -0.3 is 10.6 Å². The molecule has 31 heavy (non-hydrogen) atoms. The molecule has 1 amide bonds. The van der Waals surface area contributed by atoms with E-state index in [1.54, 1.807) is 31.3 Å². The molecular weight excluding hydrogens is 407 g/mol. The molecule has 0 spiro atoms. The van der Waals surface area contributed by atoms with Crippen molar-refractivity contribution in [1.29, 1.82) is 0 Å². The van der Waals surface area contributed by atoms with Crippen LogP contribution in [-0.2, 0) is 17.4 Å². The molecule has 3 heterocycles. The van der Waals surface area contributed by atoms with Gasteiger partial charge in [0.25, 0.3) is 0 Å². The van der Waals surface area contributed by atoms with Gasteiger partial charge in [-0.05, 0) is 49.9 Å². The number of piperidine rings is 1. The number of hydrogen-bond donors (Lipinski definition) is 3. The monoisotopic (exact) mass is 431 g/mol. The predicted molar refractivity (Wildman–Crippen MR) is 111 cm³/mol. The SMILES string of the molecule is CNC(=O)CC1CC(Cc2ccc(C(F)(F)F)c(-c3n[nH]c4ccccc34)n2)CCN1. The Hall–Kier alpha value is -2.94. The second kappa shape index (κ2) is 8.66. The van der Waals surface area contributed by atoms with Crippen LogP contribution in [0.3, 0.4) is 0 Å². The lowest BCUT2D eigenvalue weighted by molar-refractivity contribution is -0.137. The second-order valence-corrected chi connectivity index (χ2v) is 7.94. The molecule has 3 N–H and O–H groups in total. The van der Waals surface area contributed by atoms with Crippen molar-refractivity contribution in [3.05, 3.63) is 47.7 Å². The quantitative estimate of drug-likeness (QED) is 0.576. The average Bonchev–Trinajstić information content (AvgIpc) is 3.17. The van der Waals surface area contributed by atoms with Crippen LogP contribution in [0, 0.1) is 5.92 Å². The molecule has 0 bridgehead atoms. The number of pyridine rings is 1. The summed E-state index contributed by atoms with van der Waals surface area (Å²) in [6.45, 7) is 0.768. The van der Waals surface area contributed by atoms with E-state index in [4.69, 9.17) is 0 Å². The molecule has 0 radical (unpaired) electrons. The standard InChI is InChI=1S/C22H24F3N5O/c1-26-19(31)12-15-11-13(8-9-27-15)10-14-6-7-17(22(23,24)25)21(28-14)20-16-4-2-3-5-18(16)29-30-20/h2-7,13,15,27H,8-12H2,1H3,(H,26,31)(H,29,30). The number of hydrogen-bond acceptors (Lipinski definition) is 4. The lowest BCUT2D eigenvalue weighted by Crippen LogP contribution is -2.41. The third-order valence-corrected chi connectivity index (χ3v) is 5.76. The van der Waals surface area contributed by atoms with Gasteiger partial charge in [0, 0.05) is 30.6 Å². The maximum Gasteiger partial charge on any atom is 0.418 e. The van der Waals surface area contributed by atoms with Crippen LogP contribution in [0.1, 0.15) is 30.5 Å². The van der Waals surface area contributed by atoms with E-state index in [1.807, 2.05) is 0 Å². The number of aromatic nitrogens is 3. The largest absolute Gasteiger partial charge is 0.418 e. The van der Waals surface area contributed by atoms with Crippen molar-refractivity contribution in [2.75, 3.05) is 13.6 Å². The van der Waals surface area contributed by atoms with Crippen molar-refractivity contribution >= 4 is 16.8 Å². The zero-order valence-electron chi connectivity index (χ0n) is 17.1. The van der Waals surface area contributed by atoms with Crippen LogP contribution in [0.4, 0.5) is 13.2 Å². The fourth-order valence-corrected chi connectivity index (χ4v) is 4.22. The summed E-state index contributed by atoms with van der Waals surface area (Å²) in [5.41, 5.74) is 0.510. The number of alkyl halides is 3. The highest BCUT2D eigenvalue weighted by atomic mass is 19.4. The summed E-state index contributed by atoms with van der Waals surface area (Å²) in [6.07, 6.45) is -1.93. The van der Waals surface area contributed by atoms with Crippen molar-refractivity contribution in [3.8, 4) is 11.4 Å². The first kappa shape index (κ1) is 21.3. The average molecular weight is 431 g/mol. The molecule has 2 atom stereocenters. The normalized spacial score (nSPS) is 19.5. The molecule has 0 aliphatic carbocycles. The van der Waals surface area contributed by atoms with Crippen LogP contribution < -0.4 is 10.6 Å². The van der Waals surface area contributed by atoms with E-state index in [9.17, 15) is 18.0 Å². The first-order valence-electron chi connectivity index (χ1n) is 10.3. The topological polar surface area (TPSA) is 82.7 Å². The number of rotatable bonds is 5. The number of carbonyl (C=O) groups excluding carboxylic acids is 1. The Kier molecular flexibility index (Phi) is 5.95. The molecule has 1 aliphatic rings. The van der Waals surface area contributed by atoms with Crippen LogP contribution in [0.2, 0.25) is 0 Å². The molecule has 2 aromatic heterocycles. The van der Waals surface area contributed by atoms with Crippen LogP contribution in [0.15, 0.2) is 36.4 Å². The highest BCUT2D eigenvalue weighted by Crippen LogP contribution is 2.38. The van der Waals surface area contributed by atoms with Crippen molar-refractivity contribution in [3.63, 3.8) is 0 Å². The summed E-state index contributed by atoms with van der Waals surface area (Å²) in [7, 11) is 1.61. The van der Waals surface area contributed by atoms with Crippen molar-refractivity contribution in [2.24, 2.45) is 5.92 Å². The Labute approximate surface area is 177 Å². The van der Waals surface area contributed by atoms with E-state index in [0.717, 1.165) is 25.5 Å². The third kappa shape index (κ3) is 4.71. The Balaban J connectivity index is 1.63. The molecule has 164 valence electrons. The number of amides is 1. The van der Waals surface area contributed by atoms with Gasteiger partial charge in [0.1, 0.15) is 11.4 Å². The van der Waals surface area contributed by atoms with Crippen molar-refractivity contribution in [2.45, 2.75) is 37.9 Å². The summed E-state index contributed by atoms with van der Waals surface area (Å²) < 4.78 is 41.1. The fraction of sp³-hybridized carbons (Fsp3) is 0.409. The number of aromatic amines is 1. The molecule has 1 fully saturated rings. The summed E-state index contributed by atoms with van der Waals surface area (Å²) in [5, 5.41) is 13.5. The van der Waals surface area contributed by atoms with Crippen LogP contribution in [0.25, 0.3) is 22.3 Å². The Morgan fingerprint density at radius 2 is 2.00 bits per heavy atom. The molecule has 4 rings (SSSR count). The molecule has 3 aromatic rings. The van der Waals surface area contributed by atoms with E-state index in [0.29, 0.717) is 29.4 Å². The van der Waals surface area contributed by atoms with Gasteiger partial charge in [-0.15, -0.1) is 0 Å². The van der Waals surface area contributed by atoms with Crippen molar-refractivity contribution in [1.82, 2.24) is 25.8 Å². The lowest BCUT2D eigenvalue weighted by atomic mass is 9.87. The number of H-pyrrole nitrogens is 1. The van der Waals surface area contributed by atoms with Crippen LogP contribution in [0.5, 0.6) is 0 Å². The third-order valence-electron chi connectivity index (χ3n) is 5.76. The minimum Gasteiger partial charge on any atom is -0.359 e. The van der Waals surface area contributed by atoms with Gasteiger partial charge >= 0.3 is 6.18 Å². The Morgan fingerprint density at radius 1 is 1.19 bits per heavy atom. The molecule has 1 aromatic carbocycles. The van der Waals surface area contributed by atoms with Gasteiger partial charge in [0.05, 0.1) is 11.1 Å². The maximum atomic E-state index is 13.7. The van der Waals surface area contributed by atoms with Gasteiger partial charge in [-0.2, -0.15) is 18.3 Å². The number of halogens is 3. The van der Waals surface area contributed by atoms with E-state index in [-0.39, 0.29) is 29.3 Å². The van der Waals surface area contributed by atoms with E-state index in [1.165, 1.54) is 6.07 Å². The van der Waals surface area contributed by atoms with Crippen molar-refractivity contribution < 1.29 is 18.0 Å². The number of para-hydroxylation sites is 1. The maximum absolute atomic E-state index is 13.7. The van der Waals surface area contributed by atoms with Gasteiger partial charge in [-0.1, -0.05) is 18.2 Å². The molecule has 2 unspecified atom stereocenters. The molecule has 1 saturated heterocycles. The number of fused-ring (bicyclic) bond motifs is 1. The van der Waals surface area contributed by atoms with Gasteiger partial charge in [0.15, 0.2) is 0 Å². The fourth-order valence-electron chi connectivity index (χ4n) is 4.22. The highest BCUT2D eigenvalue weighted by Gasteiger charge is 2.36. The van der Waals surface area contributed by atoms with Crippen LogP contribution in [-0.4, -0.2) is 40.7 Å². The predicted octanol–water partition coefficient (Wildman–Crippen LogP) is 3.69. The summed E-state index contributed by atoms with van der Waals surface area (Å²) in [4.78, 5) is 16.1. The Bertz CT molecular complexity index is 1080. The lowest BCUT2D eigenvalue weighted by Gasteiger charge is -2.30. The Morgan fingerprint density at radius 3 is 2.77 bits per heavy atom. The highest BCUT2D eigenvalue weighted by molar-refractivity contribution is 5.92. The van der Waals surface area contributed by atoms with Gasteiger partial charge in [-0.25, -0.2) is 0 Å². The minimum atomic E-state index is -4.53. The number of carbonyl (C=O) groups is 1. The van der Waals surface area contributed by atoms with Crippen LogP contribution >= 0.6 is 0 Å². The molecule has 6 nitrogen and oxygen atoms in total. The van der Waals surface area contributed by atoms with Gasteiger partial charge in [-0.3, -0.25) is 14.9 Å². The molecule has 9 heteroatoms. The molecule has 1 aliphatic heterocycles. The zero-order valence-corrected chi connectivity index (χ0v) is 17.1. The van der Waals surface area contributed by atoms with E-state index < -0.39 is 11.7 Å². The van der Waals surface area contributed by atoms with E-state index >= 15 is 0 Å². The molecular formula is C22H24F3N5O. The number of nitrogens with one attached hydrogen (secondary N) is 3. The smallest absolute Gasteiger partial charge is 0.359 e. The number of nitrogens with zero attached hydrogens (tertiary/aromatic N) is 2. The number of benzene rings is 1. The first-order chi connectivity index (χ1) is 14.8. The minimum absolute atomic E-state index is 0.0292. The van der Waals surface area contributed by atoms with Gasteiger partial charge in [0.2, 0.25) is 5.91 Å².